The average Bonchev–Trinajstić information content (AvgIpc) is 2.17. The Hall–Kier alpha value is -1.81. The van der Waals surface area contributed by atoms with E-state index in [2.05, 4.69) is 5.32 Å². The summed E-state index contributed by atoms with van der Waals surface area (Å²) >= 11 is 0. The van der Waals surface area contributed by atoms with Crippen molar-refractivity contribution in [3.05, 3.63) is 41.6 Å². The molecule has 0 saturated carbocycles. The molecule has 0 bridgehead atoms. The molecular formula is C10H9NO3. The molecule has 3 N–H and O–H groups in total. The Morgan fingerprint density at radius 2 is 2.07 bits per heavy atom. The zero-order chi connectivity index (χ0) is 10.1. The molecule has 72 valence electrons. The number of fused-ring (bicyclic) bond motifs is 1. The van der Waals surface area contributed by atoms with Crippen molar-refractivity contribution < 1.29 is 15.0 Å². The lowest BCUT2D eigenvalue weighted by atomic mass is 10.0. The molecule has 14 heavy (non-hydrogen) atoms. The molecule has 1 heterocycles. The molecule has 0 saturated heterocycles. The highest BCUT2D eigenvalue weighted by Crippen LogP contribution is 2.29. The van der Waals surface area contributed by atoms with Gasteiger partial charge in [-0.15, -0.1) is 0 Å². The highest BCUT2D eigenvalue weighted by atomic mass is 16.4. The molecule has 1 aromatic rings. The first-order valence-corrected chi connectivity index (χ1v) is 4.17. The van der Waals surface area contributed by atoms with Crippen LogP contribution in [0.1, 0.15) is 11.7 Å². The maximum absolute atomic E-state index is 10.7. The number of nitrogens with one attached hydrogen (secondary N) is 1. The standard InChI is InChI=1S/C10H9NO3/c12-9-5-8(10(13)14)11-7-4-2-1-3-6(7)9/h1-5,9,11-12H,(H,13,14). The van der Waals surface area contributed by atoms with Crippen LogP contribution in [0.4, 0.5) is 5.69 Å². The molecule has 1 aliphatic heterocycles. The van der Waals surface area contributed by atoms with E-state index in [0.717, 1.165) is 0 Å². The second-order valence-corrected chi connectivity index (χ2v) is 3.04. The third-order valence-corrected chi connectivity index (χ3v) is 2.10. The summed E-state index contributed by atoms with van der Waals surface area (Å²) in [6.07, 6.45) is 0.434. The fraction of sp³-hybridized carbons (Fsp3) is 0.100. The number of hydrogen-bond acceptors (Lipinski definition) is 3. The number of aliphatic hydroxyl groups excluding tert-OH is 1. The van der Waals surface area contributed by atoms with E-state index < -0.39 is 12.1 Å². The van der Waals surface area contributed by atoms with Crippen LogP contribution in [0, 0.1) is 0 Å². The topological polar surface area (TPSA) is 69.6 Å². The van der Waals surface area contributed by atoms with Gasteiger partial charge >= 0.3 is 5.97 Å². The molecule has 4 heteroatoms. The normalized spacial score (nSPS) is 19.2. The van der Waals surface area contributed by atoms with Crippen LogP contribution in [-0.4, -0.2) is 16.2 Å². The van der Waals surface area contributed by atoms with E-state index in [1.165, 1.54) is 6.08 Å². The Bertz CT molecular complexity index is 412. The summed E-state index contributed by atoms with van der Waals surface area (Å²) in [5.41, 5.74) is 1.34. The van der Waals surface area contributed by atoms with Crippen LogP contribution in [0.3, 0.4) is 0 Å². The van der Waals surface area contributed by atoms with E-state index in [1.807, 2.05) is 0 Å². The number of para-hydroxylation sites is 1. The van der Waals surface area contributed by atoms with E-state index >= 15 is 0 Å². The van der Waals surface area contributed by atoms with E-state index in [-0.39, 0.29) is 5.70 Å². The molecule has 1 atom stereocenters. The molecule has 0 radical (unpaired) electrons. The van der Waals surface area contributed by atoms with E-state index in [0.29, 0.717) is 11.3 Å². The average molecular weight is 191 g/mol. The Labute approximate surface area is 80.5 Å². The van der Waals surface area contributed by atoms with Gasteiger partial charge in [0.25, 0.3) is 0 Å². The van der Waals surface area contributed by atoms with Gasteiger partial charge < -0.3 is 15.5 Å². The van der Waals surface area contributed by atoms with Crippen molar-refractivity contribution in [2.75, 3.05) is 5.32 Å². The fourth-order valence-corrected chi connectivity index (χ4v) is 1.43. The van der Waals surface area contributed by atoms with Crippen molar-refractivity contribution in [1.82, 2.24) is 0 Å². The van der Waals surface area contributed by atoms with Gasteiger partial charge in [0.05, 0.1) is 0 Å². The predicted molar refractivity (Wildman–Crippen MR) is 50.7 cm³/mol. The van der Waals surface area contributed by atoms with Crippen molar-refractivity contribution in [1.29, 1.82) is 0 Å². The van der Waals surface area contributed by atoms with Gasteiger partial charge in [-0.1, -0.05) is 18.2 Å². The minimum atomic E-state index is -1.07. The van der Waals surface area contributed by atoms with Crippen molar-refractivity contribution >= 4 is 11.7 Å². The number of benzene rings is 1. The second kappa shape index (κ2) is 3.16. The van der Waals surface area contributed by atoms with Gasteiger partial charge in [-0.2, -0.15) is 0 Å². The van der Waals surface area contributed by atoms with Gasteiger partial charge in [-0.05, 0) is 12.1 Å². The number of aliphatic hydroxyl groups is 1. The smallest absolute Gasteiger partial charge is 0.352 e. The van der Waals surface area contributed by atoms with Gasteiger partial charge in [0.2, 0.25) is 0 Å². The summed E-state index contributed by atoms with van der Waals surface area (Å²) in [4.78, 5) is 10.7. The number of rotatable bonds is 1. The molecule has 2 rings (SSSR count). The summed E-state index contributed by atoms with van der Waals surface area (Å²) < 4.78 is 0. The van der Waals surface area contributed by atoms with Crippen LogP contribution in [0.2, 0.25) is 0 Å². The summed E-state index contributed by atoms with van der Waals surface area (Å²) in [5, 5.41) is 21.1. The number of carboxylic acid groups (broad SMARTS) is 1. The maximum Gasteiger partial charge on any atom is 0.352 e. The Balaban J connectivity index is 2.42. The third-order valence-electron chi connectivity index (χ3n) is 2.10. The molecule has 0 amide bonds. The van der Waals surface area contributed by atoms with Crippen molar-refractivity contribution in [2.45, 2.75) is 6.10 Å². The molecular weight excluding hydrogens is 182 g/mol. The quantitative estimate of drug-likeness (QED) is 0.622. The molecule has 0 spiro atoms. The Morgan fingerprint density at radius 3 is 2.79 bits per heavy atom. The molecule has 1 unspecified atom stereocenters. The van der Waals surface area contributed by atoms with Crippen LogP contribution >= 0.6 is 0 Å². The molecule has 0 aromatic heterocycles. The minimum absolute atomic E-state index is 0.0104. The summed E-state index contributed by atoms with van der Waals surface area (Å²) in [6.45, 7) is 0. The predicted octanol–water partition coefficient (Wildman–Crippen LogP) is 1.11. The largest absolute Gasteiger partial charge is 0.477 e. The van der Waals surface area contributed by atoms with Crippen LogP contribution in [0.5, 0.6) is 0 Å². The number of hydrogen-bond donors (Lipinski definition) is 3. The maximum atomic E-state index is 10.7. The highest BCUT2D eigenvalue weighted by Gasteiger charge is 2.20. The molecule has 0 aliphatic carbocycles. The van der Waals surface area contributed by atoms with Crippen LogP contribution < -0.4 is 5.32 Å². The SMILES string of the molecule is O=C(O)C1=CC(O)c2ccccc2N1. The Kier molecular flexibility index (Phi) is 1.98. The third kappa shape index (κ3) is 1.36. The lowest BCUT2D eigenvalue weighted by Gasteiger charge is -2.20. The fourth-order valence-electron chi connectivity index (χ4n) is 1.43. The van der Waals surface area contributed by atoms with Crippen molar-refractivity contribution in [3.8, 4) is 0 Å². The first kappa shape index (κ1) is 8.77. The summed E-state index contributed by atoms with van der Waals surface area (Å²) in [6, 6.07) is 7.06. The summed E-state index contributed by atoms with van der Waals surface area (Å²) in [5.74, 6) is -1.07. The monoisotopic (exact) mass is 191 g/mol. The van der Waals surface area contributed by atoms with Gasteiger partial charge in [-0.25, -0.2) is 4.79 Å². The molecule has 1 aliphatic rings. The van der Waals surface area contributed by atoms with Gasteiger partial charge in [-0.3, -0.25) is 0 Å². The Morgan fingerprint density at radius 1 is 1.36 bits per heavy atom. The van der Waals surface area contributed by atoms with E-state index in [4.69, 9.17) is 5.11 Å². The van der Waals surface area contributed by atoms with Gasteiger partial charge in [0.15, 0.2) is 0 Å². The van der Waals surface area contributed by atoms with Gasteiger partial charge in [0, 0.05) is 11.3 Å². The van der Waals surface area contributed by atoms with E-state index in [1.54, 1.807) is 24.3 Å². The van der Waals surface area contributed by atoms with Gasteiger partial charge in [0.1, 0.15) is 11.8 Å². The number of anilines is 1. The summed E-state index contributed by atoms with van der Waals surface area (Å²) in [7, 11) is 0. The molecule has 4 nitrogen and oxygen atoms in total. The van der Waals surface area contributed by atoms with Crippen LogP contribution in [0.25, 0.3) is 0 Å². The number of aliphatic carboxylic acids is 1. The van der Waals surface area contributed by atoms with Crippen LogP contribution in [-0.2, 0) is 4.79 Å². The highest BCUT2D eigenvalue weighted by molar-refractivity contribution is 5.91. The number of carbonyl (C=O) groups is 1. The van der Waals surface area contributed by atoms with Crippen molar-refractivity contribution in [2.24, 2.45) is 0 Å². The van der Waals surface area contributed by atoms with Crippen molar-refractivity contribution in [3.63, 3.8) is 0 Å². The number of carboxylic acids is 1. The van der Waals surface area contributed by atoms with Crippen LogP contribution in [0.15, 0.2) is 36.0 Å². The lowest BCUT2D eigenvalue weighted by molar-refractivity contribution is -0.132. The zero-order valence-corrected chi connectivity index (χ0v) is 7.27. The first-order valence-electron chi connectivity index (χ1n) is 4.17. The van der Waals surface area contributed by atoms with E-state index in [9.17, 15) is 9.90 Å². The molecule has 0 fully saturated rings. The lowest BCUT2D eigenvalue weighted by Crippen LogP contribution is -2.17. The zero-order valence-electron chi connectivity index (χ0n) is 7.27. The first-order chi connectivity index (χ1) is 6.68. The second-order valence-electron chi connectivity index (χ2n) is 3.04. The minimum Gasteiger partial charge on any atom is -0.477 e. The molecule has 1 aromatic carbocycles.